The maximum Gasteiger partial charge on any atom is 0.309 e. The lowest BCUT2D eigenvalue weighted by Crippen LogP contribution is -2.36. The van der Waals surface area contributed by atoms with Gasteiger partial charge in [-0.15, -0.1) is 0 Å². The highest BCUT2D eigenvalue weighted by atomic mass is 16.5. The molecule has 8 nitrogen and oxygen atoms in total. The molecule has 0 atom stereocenters. The van der Waals surface area contributed by atoms with Gasteiger partial charge in [0.2, 0.25) is 0 Å². The Hall–Kier alpha value is -4.14. The van der Waals surface area contributed by atoms with E-state index in [2.05, 4.69) is 124 Å². The topological polar surface area (TPSA) is 88.5 Å². The average molecular weight is 891 g/mol. The molecule has 2 aliphatic heterocycles. The van der Waals surface area contributed by atoms with Crippen LogP contribution in [0.3, 0.4) is 0 Å². The molecule has 4 aromatic carbocycles. The molecule has 0 unspecified atom stereocenters. The summed E-state index contributed by atoms with van der Waals surface area (Å²) in [6, 6.07) is 26.4. The van der Waals surface area contributed by atoms with Gasteiger partial charge < -0.3 is 19.3 Å². The zero-order valence-corrected chi connectivity index (χ0v) is 40.2. The Morgan fingerprint density at radius 2 is 0.908 bits per heavy atom. The minimum absolute atomic E-state index is 0. The van der Waals surface area contributed by atoms with Crippen molar-refractivity contribution < 1.29 is 28.9 Å². The van der Waals surface area contributed by atoms with Gasteiger partial charge in [0, 0.05) is 13.1 Å². The van der Waals surface area contributed by atoms with Crippen molar-refractivity contribution in [1.29, 1.82) is 0 Å². The van der Waals surface area contributed by atoms with Gasteiger partial charge in [-0.1, -0.05) is 85.4 Å². The van der Waals surface area contributed by atoms with Gasteiger partial charge in [-0.25, -0.2) is 0 Å². The standard InChI is InChI=1S/C29H41NO3.C27H37NO3.CH4/c1-5-32-28(31)22-14-16-30(17-15-22)20-21-6-7-24-19-27(11-8-23(24)18-21)33-26-12-9-25(10-13-26)29(2,3)4;1-27(2,3)23-7-10-24(11-8-23)31-25-9-6-21-16-19(4-5-22(21)17-25)18-28-14-12-20(13-15-28)26(29)30;/h6-8,11,18-19,22,25-26H,5,9-10,12-17,20H2,1-4H3;4-6,9,16-17,20,23-24H,7-8,10-15,18H2,1-3H3,(H,29,30);1H4. The molecule has 0 spiro atoms. The quantitative estimate of drug-likeness (QED) is 0.149. The molecule has 0 bridgehead atoms. The molecular formula is C57H82N2O6. The number of carboxylic acids is 1. The highest BCUT2D eigenvalue weighted by molar-refractivity contribution is 5.85. The smallest absolute Gasteiger partial charge is 0.309 e. The number of hydrogen-bond acceptors (Lipinski definition) is 7. The highest BCUT2D eigenvalue weighted by Gasteiger charge is 2.32. The molecular weight excluding hydrogens is 809 g/mol. The molecule has 0 radical (unpaired) electrons. The molecule has 0 amide bonds. The van der Waals surface area contributed by atoms with Crippen molar-refractivity contribution in [3.63, 3.8) is 0 Å². The maximum atomic E-state index is 12.0. The van der Waals surface area contributed by atoms with Crippen molar-refractivity contribution in [2.24, 2.45) is 34.5 Å². The first-order valence-corrected chi connectivity index (χ1v) is 24.8. The highest BCUT2D eigenvalue weighted by Crippen LogP contribution is 2.40. The Labute approximate surface area is 391 Å². The van der Waals surface area contributed by atoms with Gasteiger partial charge in [0.05, 0.1) is 30.7 Å². The van der Waals surface area contributed by atoms with Crippen molar-refractivity contribution in [1.82, 2.24) is 9.80 Å². The van der Waals surface area contributed by atoms with Crippen molar-refractivity contribution in [2.75, 3.05) is 32.8 Å². The summed E-state index contributed by atoms with van der Waals surface area (Å²) in [6.07, 6.45) is 13.6. The lowest BCUT2D eigenvalue weighted by Gasteiger charge is -2.37. The van der Waals surface area contributed by atoms with Crippen LogP contribution >= 0.6 is 0 Å². The van der Waals surface area contributed by atoms with Crippen LogP contribution in [0.1, 0.15) is 144 Å². The van der Waals surface area contributed by atoms with E-state index >= 15 is 0 Å². The van der Waals surface area contributed by atoms with E-state index in [1.807, 2.05) is 6.92 Å². The number of fused-ring (bicyclic) bond motifs is 2. The Bertz CT molecular complexity index is 2140. The molecule has 4 fully saturated rings. The number of ether oxygens (including phenoxy) is 3. The summed E-state index contributed by atoms with van der Waals surface area (Å²) in [4.78, 5) is 27.9. The normalized spacial score (nSPS) is 22.9. The number of aliphatic carboxylic acids is 1. The number of carbonyl (C=O) groups excluding carboxylic acids is 1. The molecule has 4 aromatic rings. The van der Waals surface area contributed by atoms with Crippen molar-refractivity contribution in [3.8, 4) is 11.5 Å². The fraction of sp³-hybridized carbons (Fsp3) is 0.614. The summed E-state index contributed by atoms with van der Waals surface area (Å²) >= 11 is 0. The number of carboxylic acid groups (broad SMARTS) is 1. The molecule has 2 heterocycles. The van der Waals surface area contributed by atoms with Gasteiger partial charge in [0.15, 0.2) is 0 Å². The zero-order valence-electron chi connectivity index (χ0n) is 40.2. The summed E-state index contributed by atoms with van der Waals surface area (Å²) in [5.41, 5.74) is 3.42. The van der Waals surface area contributed by atoms with Gasteiger partial charge in [0.25, 0.3) is 0 Å². The number of esters is 1. The maximum absolute atomic E-state index is 12.0. The van der Waals surface area contributed by atoms with Gasteiger partial charge in [-0.2, -0.15) is 0 Å². The SMILES string of the molecule is C.CC(C)(C)C1CCC(Oc2ccc3cc(CN4CCC(C(=O)O)CC4)ccc3c2)CC1.CCOC(=O)C1CCN(Cc2ccc3cc(OC4CCC(C(C)(C)C)CC4)ccc3c2)CC1. The third-order valence-corrected chi connectivity index (χ3v) is 15.1. The Kier molecular flexibility index (Phi) is 17.5. The van der Waals surface area contributed by atoms with E-state index < -0.39 is 5.97 Å². The van der Waals surface area contributed by atoms with E-state index in [4.69, 9.17) is 14.2 Å². The fourth-order valence-corrected chi connectivity index (χ4v) is 10.8. The zero-order chi connectivity index (χ0) is 45.4. The number of nitrogens with zero attached hydrogens (tertiary/aromatic N) is 2. The second-order valence-corrected chi connectivity index (χ2v) is 21.8. The average Bonchev–Trinajstić information content (AvgIpc) is 3.27. The second-order valence-electron chi connectivity index (χ2n) is 21.8. The fourth-order valence-electron chi connectivity index (χ4n) is 10.8. The predicted molar refractivity (Wildman–Crippen MR) is 267 cm³/mol. The number of benzene rings is 4. The molecule has 8 rings (SSSR count). The van der Waals surface area contributed by atoms with E-state index in [1.165, 1.54) is 58.4 Å². The molecule has 0 aromatic heterocycles. The Balaban J connectivity index is 0.000000212. The number of rotatable bonds is 11. The van der Waals surface area contributed by atoms with E-state index in [0.717, 1.165) is 114 Å². The number of likely N-dealkylation sites (tertiary alicyclic amines) is 2. The molecule has 2 saturated heterocycles. The van der Waals surface area contributed by atoms with Gasteiger partial charge in [-0.3, -0.25) is 19.4 Å². The first-order valence-electron chi connectivity index (χ1n) is 24.8. The summed E-state index contributed by atoms with van der Waals surface area (Å²) in [5.74, 6) is 2.81. The van der Waals surface area contributed by atoms with Gasteiger partial charge in [0.1, 0.15) is 11.5 Å². The van der Waals surface area contributed by atoms with E-state index in [0.29, 0.717) is 29.6 Å². The monoisotopic (exact) mass is 891 g/mol. The third-order valence-electron chi connectivity index (χ3n) is 15.1. The Morgan fingerprint density at radius 3 is 1.28 bits per heavy atom. The molecule has 8 heteroatoms. The minimum Gasteiger partial charge on any atom is -0.490 e. The molecule has 1 N–H and O–H groups in total. The predicted octanol–water partition coefficient (Wildman–Crippen LogP) is 13.4. The number of carbonyl (C=O) groups is 2. The van der Waals surface area contributed by atoms with E-state index in [1.54, 1.807) is 0 Å². The van der Waals surface area contributed by atoms with Crippen LogP contribution in [0.4, 0.5) is 0 Å². The second kappa shape index (κ2) is 22.6. The Morgan fingerprint density at radius 1 is 0.538 bits per heavy atom. The lowest BCUT2D eigenvalue weighted by molar-refractivity contribution is -0.149. The molecule has 2 saturated carbocycles. The van der Waals surface area contributed by atoms with Crippen molar-refractivity contribution in [2.45, 2.75) is 158 Å². The lowest BCUT2D eigenvalue weighted by atomic mass is 9.72. The van der Waals surface area contributed by atoms with Crippen LogP contribution in [0.5, 0.6) is 11.5 Å². The number of piperidine rings is 2. The van der Waals surface area contributed by atoms with E-state index in [-0.39, 0.29) is 25.2 Å². The molecule has 65 heavy (non-hydrogen) atoms. The minimum atomic E-state index is -0.648. The first kappa shape index (κ1) is 50.3. The third kappa shape index (κ3) is 14.2. The van der Waals surface area contributed by atoms with Gasteiger partial charge in [-0.05, 0) is 202 Å². The van der Waals surface area contributed by atoms with Crippen LogP contribution in [0.25, 0.3) is 21.5 Å². The molecule has 4 aliphatic rings. The van der Waals surface area contributed by atoms with Crippen LogP contribution in [0.2, 0.25) is 0 Å². The molecule has 356 valence electrons. The van der Waals surface area contributed by atoms with E-state index in [9.17, 15) is 14.7 Å². The van der Waals surface area contributed by atoms with Gasteiger partial charge >= 0.3 is 11.9 Å². The van der Waals surface area contributed by atoms with Crippen LogP contribution < -0.4 is 9.47 Å². The molecule has 2 aliphatic carbocycles. The summed E-state index contributed by atoms with van der Waals surface area (Å²) in [5, 5.41) is 14.1. The largest absolute Gasteiger partial charge is 0.490 e. The number of hydrogen-bond donors (Lipinski definition) is 1. The van der Waals surface area contributed by atoms with Crippen LogP contribution in [-0.2, 0) is 27.4 Å². The van der Waals surface area contributed by atoms with Crippen LogP contribution in [0.15, 0.2) is 72.8 Å². The summed E-state index contributed by atoms with van der Waals surface area (Å²) in [6.45, 7) is 21.9. The van der Waals surface area contributed by atoms with Crippen molar-refractivity contribution in [3.05, 3.63) is 83.9 Å². The van der Waals surface area contributed by atoms with Crippen molar-refractivity contribution >= 4 is 33.5 Å². The first-order chi connectivity index (χ1) is 30.6. The van der Waals surface area contributed by atoms with Crippen LogP contribution in [0, 0.1) is 34.5 Å². The van der Waals surface area contributed by atoms with Crippen LogP contribution in [-0.4, -0.2) is 71.8 Å². The summed E-state index contributed by atoms with van der Waals surface area (Å²) < 4.78 is 17.9. The summed E-state index contributed by atoms with van der Waals surface area (Å²) in [7, 11) is 0.